The highest BCUT2D eigenvalue weighted by Gasteiger charge is 2.18. The Labute approximate surface area is 104 Å². The normalized spacial score (nSPS) is 19.6. The molecular weight excluding hydrogens is 208 g/mol. The van der Waals surface area contributed by atoms with E-state index in [1.807, 2.05) is 0 Å². The summed E-state index contributed by atoms with van der Waals surface area (Å²) in [5.74, 6) is 0. The van der Waals surface area contributed by atoms with Crippen LogP contribution in [0.15, 0.2) is 42.6 Å². The lowest BCUT2D eigenvalue weighted by Crippen LogP contribution is -2.32. The van der Waals surface area contributed by atoms with E-state index in [0.29, 0.717) is 6.04 Å². The molecule has 2 nitrogen and oxygen atoms in total. The zero-order valence-corrected chi connectivity index (χ0v) is 10.4. The summed E-state index contributed by atoms with van der Waals surface area (Å²) >= 11 is 0. The molecule has 0 spiro atoms. The number of unbranched alkanes of at least 4 members (excludes halogenated alkanes) is 1. The van der Waals surface area contributed by atoms with E-state index in [9.17, 15) is 0 Å². The van der Waals surface area contributed by atoms with Crippen LogP contribution in [-0.2, 0) is 0 Å². The molecule has 2 N–H and O–H groups in total. The van der Waals surface area contributed by atoms with Gasteiger partial charge in [0.15, 0.2) is 0 Å². The Bertz CT molecular complexity index is 345. The number of rotatable bonds is 5. The first kappa shape index (κ1) is 12.2. The van der Waals surface area contributed by atoms with Gasteiger partial charge in [0.1, 0.15) is 0 Å². The van der Waals surface area contributed by atoms with Gasteiger partial charge >= 0.3 is 0 Å². The molecule has 1 aromatic rings. The molecule has 1 heterocycles. The Kier molecular flexibility index (Phi) is 4.63. The van der Waals surface area contributed by atoms with E-state index >= 15 is 0 Å². The summed E-state index contributed by atoms with van der Waals surface area (Å²) < 4.78 is 0. The largest absolute Gasteiger partial charge is 0.345 e. The Morgan fingerprint density at radius 2 is 2.00 bits per heavy atom. The lowest BCUT2D eigenvalue weighted by Gasteiger charge is -2.33. The minimum atomic E-state index is 0.647. The molecule has 1 atom stereocenters. The third kappa shape index (κ3) is 3.34. The van der Waals surface area contributed by atoms with E-state index in [0.717, 1.165) is 13.0 Å². The molecule has 0 aliphatic carbocycles. The van der Waals surface area contributed by atoms with Gasteiger partial charge in [-0.25, -0.2) is 0 Å². The van der Waals surface area contributed by atoms with Crippen LogP contribution in [0, 0.1) is 0 Å². The fourth-order valence-electron chi connectivity index (χ4n) is 2.44. The van der Waals surface area contributed by atoms with Crippen LogP contribution in [0.2, 0.25) is 0 Å². The van der Waals surface area contributed by atoms with Crippen LogP contribution in [-0.4, -0.2) is 12.6 Å². The van der Waals surface area contributed by atoms with Crippen LogP contribution < -0.4 is 10.6 Å². The SMILES string of the molecule is NCCCCC1CCC=CN1c1ccccc1. The van der Waals surface area contributed by atoms with Crippen LogP contribution in [0.3, 0.4) is 0 Å². The van der Waals surface area contributed by atoms with Gasteiger partial charge in [-0.3, -0.25) is 0 Å². The van der Waals surface area contributed by atoms with Crippen LogP contribution >= 0.6 is 0 Å². The quantitative estimate of drug-likeness (QED) is 0.786. The lowest BCUT2D eigenvalue weighted by atomic mass is 9.99. The molecule has 1 unspecified atom stereocenters. The molecule has 17 heavy (non-hydrogen) atoms. The van der Waals surface area contributed by atoms with E-state index in [-0.39, 0.29) is 0 Å². The number of hydrogen-bond acceptors (Lipinski definition) is 2. The summed E-state index contributed by atoms with van der Waals surface area (Å²) in [6.45, 7) is 0.813. The van der Waals surface area contributed by atoms with Gasteiger partial charge < -0.3 is 10.6 Å². The predicted octanol–water partition coefficient (Wildman–Crippen LogP) is 3.30. The van der Waals surface area contributed by atoms with Crippen molar-refractivity contribution >= 4 is 5.69 Å². The molecule has 1 aromatic carbocycles. The summed E-state index contributed by atoms with van der Waals surface area (Å²) in [5, 5.41) is 0. The topological polar surface area (TPSA) is 29.3 Å². The maximum absolute atomic E-state index is 5.56. The van der Waals surface area contributed by atoms with Gasteiger partial charge in [-0.15, -0.1) is 0 Å². The first-order valence-electron chi connectivity index (χ1n) is 6.62. The number of anilines is 1. The molecule has 0 amide bonds. The molecule has 92 valence electrons. The number of para-hydroxylation sites is 1. The maximum Gasteiger partial charge on any atom is 0.0408 e. The van der Waals surface area contributed by atoms with Crippen molar-refractivity contribution in [2.75, 3.05) is 11.4 Å². The van der Waals surface area contributed by atoms with Gasteiger partial charge in [-0.05, 0) is 44.4 Å². The van der Waals surface area contributed by atoms with Crippen LogP contribution in [0.1, 0.15) is 32.1 Å². The average Bonchev–Trinajstić information content (AvgIpc) is 2.41. The Balaban J connectivity index is 2.02. The Morgan fingerprint density at radius 1 is 1.18 bits per heavy atom. The van der Waals surface area contributed by atoms with Crippen molar-refractivity contribution in [3.8, 4) is 0 Å². The molecule has 2 rings (SSSR count). The van der Waals surface area contributed by atoms with Crippen molar-refractivity contribution in [2.45, 2.75) is 38.1 Å². The molecule has 1 aliphatic rings. The van der Waals surface area contributed by atoms with E-state index < -0.39 is 0 Å². The molecule has 1 aliphatic heterocycles. The zero-order valence-electron chi connectivity index (χ0n) is 10.4. The lowest BCUT2D eigenvalue weighted by molar-refractivity contribution is 0.513. The molecule has 0 aromatic heterocycles. The van der Waals surface area contributed by atoms with Crippen molar-refractivity contribution in [1.82, 2.24) is 0 Å². The molecular formula is C15H22N2. The van der Waals surface area contributed by atoms with Crippen molar-refractivity contribution in [2.24, 2.45) is 5.73 Å². The third-order valence-corrected chi connectivity index (χ3v) is 3.37. The average molecular weight is 230 g/mol. The van der Waals surface area contributed by atoms with E-state index in [2.05, 4.69) is 47.5 Å². The van der Waals surface area contributed by atoms with E-state index in [1.165, 1.54) is 31.4 Å². The van der Waals surface area contributed by atoms with Gasteiger partial charge in [-0.1, -0.05) is 30.7 Å². The van der Waals surface area contributed by atoms with Gasteiger partial charge in [0.05, 0.1) is 0 Å². The second-order valence-corrected chi connectivity index (χ2v) is 4.64. The van der Waals surface area contributed by atoms with Gasteiger partial charge in [0.2, 0.25) is 0 Å². The fourth-order valence-corrected chi connectivity index (χ4v) is 2.44. The van der Waals surface area contributed by atoms with Crippen molar-refractivity contribution < 1.29 is 0 Å². The fraction of sp³-hybridized carbons (Fsp3) is 0.467. The zero-order chi connectivity index (χ0) is 11.9. The monoisotopic (exact) mass is 230 g/mol. The minimum absolute atomic E-state index is 0.647. The second kappa shape index (κ2) is 6.45. The van der Waals surface area contributed by atoms with Crippen LogP contribution in [0.25, 0.3) is 0 Å². The van der Waals surface area contributed by atoms with E-state index in [1.54, 1.807) is 0 Å². The Hall–Kier alpha value is -1.28. The van der Waals surface area contributed by atoms with Crippen LogP contribution in [0.5, 0.6) is 0 Å². The maximum atomic E-state index is 5.56. The van der Waals surface area contributed by atoms with Gasteiger partial charge in [0.25, 0.3) is 0 Å². The highest BCUT2D eigenvalue weighted by atomic mass is 15.1. The minimum Gasteiger partial charge on any atom is -0.345 e. The van der Waals surface area contributed by atoms with Crippen molar-refractivity contribution in [3.05, 3.63) is 42.6 Å². The first-order chi connectivity index (χ1) is 8.42. The number of benzene rings is 1. The summed E-state index contributed by atoms with van der Waals surface area (Å²) in [5.41, 5.74) is 6.87. The number of nitrogens with two attached hydrogens (primary N) is 1. The predicted molar refractivity (Wildman–Crippen MR) is 74.0 cm³/mol. The summed E-state index contributed by atoms with van der Waals surface area (Å²) in [7, 11) is 0. The highest BCUT2D eigenvalue weighted by Crippen LogP contribution is 2.26. The molecule has 0 radical (unpaired) electrons. The molecule has 2 heteroatoms. The molecule has 0 bridgehead atoms. The standard InChI is InChI=1S/C15H22N2/c16-12-6-4-10-15-11-5-7-13-17(15)14-8-2-1-3-9-14/h1-3,7-9,13,15H,4-6,10-12,16H2. The number of allylic oxidation sites excluding steroid dienone is 1. The highest BCUT2D eigenvalue weighted by molar-refractivity contribution is 5.50. The van der Waals surface area contributed by atoms with Gasteiger partial charge in [0, 0.05) is 17.9 Å². The smallest absolute Gasteiger partial charge is 0.0408 e. The summed E-state index contributed by atoms with van der Waals surface area (Å²) in [6.07, 6.45) is 10.6. The first-order valence-corrected chi connectivity index (χ1v) is 6.62. The third-order valence-electron chi connectivity index (χ3n) is 3.37. The summed E-state index contributed by atoms with van der Waals surface area (Å²) in [6, 6.07) is 11.3. The second-order valence-electron chi connectivity index (χ2n) is 4.64. The van der Waals surface area contributed by atoms with Crippen molar-refractivity contribution in [3.63, 3.8) is 0 Å². The summed E-state index contributed by atoms with van der Waals surface area (Å²) in [4.78, 5) is 2.42. The Morgan fingerprint density at radius 3 is 2.76 bits per heavy atom. The number of hydrogen-bond donors (Lipinski definition) is 1. The van der Waals surface area contributed by atoms with E-state index in [4.69, 9.17) is 5.73 Å². The molecule has 0 saturated carbocycles. The number of nitrogens with zero attached hydrogens (tertiary/aromatic N) is 1. The van der Waals surface area contributed by atoms with Gasteiger partial charge in [-0.2, -0.15) is 0 Å². The molecule has 0 saturated heterocycles. The van der Waals surface area contributed by atoms with Crippen molar-refractivity contribution in [1.29, 1.82) is 0 Å². The molecule has 0 fully saturated rings. The van der Waals surface area contributed by atoms with Crippen LogP contribution in [0.4, 0.5) is 5.69 Å².